The van der Waals surface area contributed by atoms with Gasteiger partial charge in [-0.1, -0.05) is 36.4 Å². The molecule has 2 heteroatoms. The van der Waals surface area contributed by atoms with Gasteiger partial charge in [-0.15, -0.1) is 0 Å². The second kappa shape index (κ2) is 6.33. The molecule has 0 aliphatic rings. The predicted molar refractivity (Wildman–Crippen MR) is 57.6 cm³/mol. The van der Waals surface area contributed by atoms with Crippen LogP contribution in [0.25, 0.3) is 0 Å². The Labute approximate surface area is 88.4 Å². The molecule has 0 aliphatic heterocycles. The zero-order valence-electron chi connectivity index (χ0n) is 8.10. The third kappa shape index (κ3) is 4.58. The van der Waals surface area contributed by atoms with E-state index in [1.165, 1.54) is 12.1 Å². The van der Waals surface area contributed by atoms with Crippen LogP contribution in [0, 0.1) is 17.1 Å². The molecule has 0 saturated carbocycles. The third-order valence-corrected chi connectivity index (χ3v) is 1.64. The van der Waals surface area contributed by atoms with E-state index in [0.29, 0.717) is 5.56 Å². The molecule has 0 N–H and O–H groups in total. The minimum absolute atomic E-state index is 0.178. The van der Waals surface area contributed by atoms with Crippen molar-refractivity contribution >= 4 is 0 Å². The van der Waals surface area contributed by atoms with Crippen LogP contribution in [0.15, 0.2) is 60.7 Å². The van der Waals surface area contributed by atoms with E-state index in [-0.39, 0.29) is 5.82 Å². The standard InChI is InChI=1S/C7H5N.C6H5F/c8-6-7-4-2-1-3-5-7;7-6-4-2-1-3-5-6/h1-5H;1-5H. The summed E-state index contributed by atoms with van der Waals surface area (Å²) in [7, 11) is 0. The summed E-state index contributed by atoms with van der Waals surface area (Å²) in [6.45, 7) is 0. The van der Waals surface area contributed by atoms with E-state index in [9.17, 15) is 4.39 Å². The maximum Gasteiger partial charge on any atom is 0.123 e. The molecule has 2 aromatic rings. The summed E-state index contributed by atoms with van der Waals surface area (Å²) in [5.74, 6) is -0.178. The Morgan fingerprint density at radius 2 is 1.27 bits per heavy atom. The average Bonchev–Trinajstić information content (AvgIpc) is 2.32. The maximum absolute atomic E-state index is 11.9. The van der Waals surface area contributed by atoms with E-state index in [1.807, 2.05) is 24.3 Å². The molecule has 0 radical (unpaired) electrons. The lowest BCUT2D eigenvalue weighted by molar-refractivity contribution is 0.628. The Hall–Kier alpha value is -2.14. The van der Waals surface area contributed by atoms with Gasteiger partial charge in [0.1, 0.15) is 5.82 Å². The number of benzene rings is 2. The molecule has 0 amide bonds. The highest BCUT2D eigenvalue weighted by Gasteiger charge is 1.79. The molecule has 0 bridgehead atoms. The Bertz CT molecular complexity index is 417. The topological polar surface area (TPSA) is 23.8 Å². The summed E-state index contributed by atoms with van der Waals surface area (Å²) in [6.07, 6.45) is 0. The van der Waals surface area contributed by atoms with Crippen LogP contribution in [0.2, 0.25) is 0 Å². The first-order chi connectivity index (χ1) is 7.33. The number of hydrogen-bond acceptors (Lipinski definition) is 1. The van der Waals surface area contributed by atoms with Gasteiger partial charge in [-0.05, 0) is 24.3 Å². The Morgan fingerprint density at radius 3 is 1.53 bits per heavy atom. The van der Waals surface area contributed by atoms with Crippen LogP contribution in [0.4, 0.5) is 4.39 Å². The molecule has 2 aromatic carbocycles. The molecule has 0 saturated heterocycles. The van der Waals surface area contributed by atoms with Crippen molar-refractivity contribution in [3.63, 3.8) is 0 Å². The predicted octanol–water partition coefficient (Wildman–Crippen LogP) is 3.38. The first kappa shape index (κ1) is 10.9. The largest absolute Gasteiger partial charge is 0.207 e. The van der Waals surface area contributed by atoms with Crippen molar-refractivity contribution < 1.29 is 4.39 Å². The van der Waals surface area contributed by atoms with Crippen molar-refractivity contribution in [3.05, 3.63) is 72.0 Å². The first-order valence-corrected chi connectivity index (χ1v) is 4.48. The molecule has 0 atom stereocenters. The van der Waals surface area contributed by atoms with E-state index in [1.54, 1.807) is 30.3 Å². The van der Waals surface area contributed by atoms with Crippen molar-refractivity contribution in [1.82, 2.24) is 0 Å². The van der Waals surface area contributed by atoms with E-state index in [0.717, 1.165) is 0 Å². The number of nitrogens with zero attached hydrogens (tertiary/aromatic N) is 1. The molecule has 74 valence electrons. The fraction of sp³-hybridized carbons (Fsp3) is 0. The smallest absolute Gasteiger partial charge is 0.123 e. The highest BCUT2D eigenvalue weighted by Crippen LogP contribution is 1.93. The van der Waals surface area contributed by atoms with Gasteiger partial charge in [0.25, 0.3) is 0 Å². The SMILES string of the molecule is Fc1ccccc1.N#Cc1ccccc1. The molecule has 0 aliphatic carbocycles. The molecular weight excluding hydrogens is 189 g/mol. The molecule has 1 nitrogen and oxygen atoms in total. The van der Waals surface area contributed by atoms with Crippen LogP contribution >= 0.6 is 0 Å². The van der Waals surface area contributed by atoms with Gasteiger partial charge < -0.3 is 0 Å². The summed E-state index contributed by atoms with van der Waals surface area (Å²) in [5.41, 5.74) is 0.715. The molecule has 15 heavy (non-hydrogen) atoms. The van der Waals surface area contributed by atoms with Crippen LogP contribution in [-0.2, 0) is 0 Å². The van der Waals surface area contributed by atoms with E-state index < -0.39 is 0 Å². The van der Waals surface area contributed by atoms with Gasteiger partial charge in [-0.2, -0.15) is 5.26 Å². The van der Waals surface area contributed by atoms with Crippen LogP contribution < -0.4 is 0 Å². The summed E-state index contributed by atoms with van der Waals surface area (Å²) < 4.78 is 11.9. The van der Waals surface area contributed by atoms with E-state index >= 15 is 0 Å². The first-order valence-electron chi connectivity index (χ1n) is 4.48. The summed E-state index contributed by atoms with van der Waals surface area (Å²) in [4.78, 5) is 0. The zero-order valence-corrected chi connectivity index (χ0v) is 8.10. The zero-order chi connectivity index (χ0) is 10.9. The van der Waals surface area contributed by atoms with E-state index in [2.05, 4.69) is 0 Å². The van der Waals surface area contributed by atoms with Gasteiger partial charge in [0.05, 0.1) is 11.6 Å². The van der Waals surface area contributed by atoms with Crippen molar-refractivity contribution in [2.24, 2.45) is 0 Å². The fourth-order valence-electron chi connectivity index (χ4n) is 0.927. The molecule has 0 heterocycles. The molecule has 0 fully saturated rings. The summed E-state index contributed by atoms with van der Waals surface area (Å²) >= 11 is 0. The quantitative estimate of drug-likeness (QED) is 0.638. The van der Waals surface area contributed by atoms with Gasteiger partial charge >= 0.3 is 0 Å². The van der Waals surface area contributed by atoms with Crippen molar-refractivity contribution in [1.29, 1.82) is 5.26 Å². The van der Waals surface area contributed by atoms with Crippen LogP contribution in [-0.4, -0.2) is 0 Å². The van der Waals surface area contributed by atoms with Crippen molar-refractivity contribution in [3.8, 4) is 6.07 Å². The Morgan fingerprint density at radius 1 is 0.800 bits per heavy atom. The van der Waals surface area contributed by atoms with Gasteiger partial charge in [0.2, 0.25) is 0 Å². The molecule has 0 spiro atoms. The van der Waals surface area contributed by atoms with Gasteiger partial charge in [-0.3, -0.25) is 0 Å². The maximum atomic E-state index is 11.9. The lowest BCUT2D eigenvalue weighted by Gasteiger charge is -1.80. The number of halogens is 1. The van der Waals surface area contributed by atoms with E-state index in [4.69, 9.17) is 5.26 Å². The summed E-state index contributed by atoms with van der Waals surface area (Å²) in [5, 5.41) is 8.29. The molecular formula is C13H10FN. The Balaban J connectivity index is 0.000000151. The van der Waals surface area contributed by atoms with Crippen molar-refractivity contribution in [2.45, 2.75) is 0 Å². The second-order valence-electron chi connectivity index (χ2n) is 2.77. The molecule has 0 aromatic heterocycles. The minimum Gasteiger partial charge on any atom is -0.207 e. The lowest BCUT2D eigenvalue weighted by atomic mass is 10.2. The second-order valence-corrected chi connectivity index (χ2v) is 2.77. The summed E-state index contributed by atoms with van der Waals surface area (Å²) in [6, 6.07) is 19.1. The van der Waals surface area contributed by atoms with Crippen LogP contribution in [0.3, 0.4) is 0 Å². The number of nitriles is 1. The monoisotopic (exact) mass is 199 g/mol. The Kier molecular flexibility index (Phi) is 4.62. The average molecular weight is 199 g/mol. The number of rotatable bonds is 0. The highest BCUT2D eigenvalue weighted by molar-refractivity contribution is 5.27. The minimum atomic E-state index is -0.178. The van der Waals surface area contributed by atoms with Crippen LogP contribution in [0.1, 0.15) is 5.56 Å². The number of hydrogen-bond donors (Lipinski definition) is 0. The van der Waals surface area contributed by atoms with Crippen LogP contribution in [0.5, 0.6) is 0 Å². The van der Waals surface area contributed by atoms with Gasteiger partial charge in [-0.25, -0.2) is 4.39 Å². The molecule has 0 unspecified atom stereocenters. The molecule has 2 rings (SSSR count). The normalized spacial score (nSPS) is 8.27. The van der Waals surface area contributed by atoms with Crippen molar-refractivity contribution in [2.75, 3.05) is 0 Å². The third-order valence-electron chi connectivity index (χ3n) is 1.64. The highest BCUT2D eigenvalue weighted by atomic mass is 19.1. The van der Waals surface area contributed by atoms with Gasteiger partial charge in [0.15, 0.2) is 0 Å². The fourth-order valence-corrected chi connectivity index (χ4v) is 0.927. The van der Waals surface area contributed by atoms with Gasteiger partial charge in [0, 0.05) is 0 Å². The lowest BCUT2D eigenvalue weighted by Crippen LogP contribution is -1.66.